The third-order valence-corrected chi connectivity index (χ3v) is 9.05. The van der Waals surface area contributed by atoms with Crippen molar-refractivity contribution in [1.29, 1.82) is 0 Å². The van der Waals surface area contributed by atoms with Gasteiger partial charge in [-0.15, -0.1) is 0 Å². The number of pyridine rings is 1. The predicted molar refractivity (Wildman–Crippen MR) is 124 cm³/mol. The molecule has 1 amide bonds. The summed E-state index contributed by atoms with van der Waals surface area (Å²) in [5.74, 6) is 0.343. The Morgan fingerprint density at radius 2 is 1.61 bits per heavy atom. The van der Waals surface area contributed by atoms with Gasteiger partial charge in [-0.2, -0.15) is 0 Å². The molecule has 33 heavy (non-hydrogen) atoms. The zero-order valence-corrected chi connectivity index (χ0v) is 19.6. The second-order valence-corrected chi connectivity index (χ2v) is 12.2. The molecule has 10 heteroatoms. The predicted octanol–water partition coefficient (Wildman–Crippen LogP) is 1.63. The van der Waals surface area contributed by atoms with E-state index in [-0.39, 0.29) is 47.0 Å². The number of hydrogen-bond donors (Lipinski definition) is 1. The number of nitrogens with one attached hydrogen (secondary N) is 1. The van der Waals surface area contributed by atoms with Crippen LogP contribution in [0.3, 0.4) is 0 Å². The Kier molecular flexibility index (Phi) is 5.66. The molecule has 9 nitrogen and oxygen atoms in total. The molecule has 0 radical (unpaired) electrons. The number of fused-ring (bicyclic) bond motifs is 1. The van der Waals surface area contributed by atoms with Gasteiger partial charge in [-0.1, -0.05) is 0 Å². The molecule has 0 atom stereocenters. The highest BCUT2D eigenvalue weighted by atomic mass is 32.2. The summed E-state index contributed by atoms with van der Waals surface area (Å²) in [6, 6.07) is 1.29. The molecule has 3 heterocycles. The average molecular weight is 475 g/mol. The lowest BCUT2D eigenvalue weighted by atomic mass is 9.90. The van der Waals surface area contributed by atoms with Crippen molar-refractivity contribution in [3.05, 3.63) is 38.7 Å². The first kappa shape index (κ1) is 22.3. The standard InChI is InChI=1S/C23H30N4O5S/c1-14-12-19-20(24-13-14)26(18-8-10-33(31,32)11-9-18)23(30)27(22(19)29)17-6-4-16(5-7-17)25-21(28)15-2-3-15/h12-13,15-18H,2-11H2,1H3,(H,25,28). The van der Waals surface area contributed by atoms with Crippen LogP contribution in [0.2, 0.25) is 0 Å². The molecule has 3 aliphatic rings. The zero-order chi connectivity index (χ0) is 23.3. The Hall–Kier alpha value is -2.49. The van der Waals surface area contributed by atoms with Gasteiger partial charge in [-0.05, 0) is 69.9 Å². The van der Waals surface area contributed by atoms with Crippen LogP contribution >= 0.6 is 0 Å². The van der Waals surface area contributed by atoms with Gasteiger partial charge in [-0.3, -0.25) is 18.7 Å². The molecule has 0 unspecified atom stereocenters. The van der Waals surface area contributed by atoms with Gasteiger partial charge in [0, 0.05) is 30.2 Å². The molecule has 2 aliphatic carbocycles. The number of aryl methyl sites for hydroxylation is 1. The third-order valence-electron chi connectivity index (χ3n) is 7.34. The fourth-order valence-electron chi connectivity index (χ4n) is 5.26. The van der Waals surface area contributed by atoms with E-state index in [0.29, 0.717) is 36.7 Å². The van der Waals surface area contributed by atoms with E-state index in [0.717, 1.165) is 31.2 Å². The van der Waals surface area contributed by atoms with E-state index in [9.17, 15) is 22.8 Å². The highest BCUT2D eigenvalue weighted by molar-refractivity contribution is 7.91. The van der Waals surface area contributed by atoms with E-state index in [2.05, 4.69) is 10.3 Å². The summed E-state index contributed by atoms with van der Waals surface area (Å²) in [5.41, 5.74) is 0.422. The van der Waals surface area contributed by atoms with Crippen molar-refractivity contribution in [2.45, 2.75) is 76.4 Å². The highest BCUT2D eigenvalue weighted by Crippen LogP contribution is 2.32. The number of aromatic nitrogens is 3. The molecule has 0 bridgehead atoms. The largest absolute Gasteiger partial charge is 0.353 e. The Morgan fingerprint density at radius 3 is 2.24 bits per heavy atom. The Morgan fingerprint density at radius 1 is 0.970 bits per heavy atom. The number of rotatable bonds is 4. The Balaban J connectivity index is 1.49. The fourth-order valence-corrected chi connectivity index (χ4v) is 6.73. The topological polar surface area (TPSA) is 120 Å². The minimum absolute atomic E-state index is 0.0301. The fraction of sp³-hybridized carbons (Fsp3) is 0.652. The Bertz CT molecular complexity index is 1300. The van der Waals surface area contributed by atoms with Crippen LogP contribution in [0.5, 0.6) is 0 Å². The number of nitrogens with zero attached hydrogens (tertiary/aromatic N) is 3. The number of sulfone groups is 1. The van der Waals surface area contributed by atoms with Gasteiger partial charge in [0.25, 0.3) is 5.56 Å². The average Bonchev–Trinajstić information content (AvgIpc) is 3.62. The minimum Gasteiger partial charge on any atom is -0.353 e. The van der Waals surface area contributed by atoms with Crippen molar-refractivity contribution in [3.8, 4) is 0 Å². The molecule has 1 saturated heterocycles. The molecule has 1 N–H and O–H groups in total. The van der Waals surface area contributed by atoms with Crippen LogP contribution in [-0.4, -0.2) is 46.0 Å². The lowest BCUT2D eigenvalue weighted by molar-refractivity contribution is -0.123. The van der Waals surface area contributed by atoms with Gasteiger partial charge in [0.2, 0.25) is 5.91 Å². The minimum atomic E-state index is -3.09. The summed E-state index contributed by atoms with van der Waals surface area (Å²) in [7, 11) is -3.09. The maximum Gasteiger partial charge on any atom is 0.333 e. The van der Waals surface area contributed by atoms with Crippen molar-refractivity contribution in [2.24, 2.45) is 5.92 Å². The summed E-state index contributed by atoms with van der Waals surface area (Å²) in [4.78, 5) is 43.6. The van der Waals surface area contributed by atoms with Crippen molar-refractivity contribution < 1.29 is 13.2 Å². The molecule has 5 rings (SSSR count). The normalized spacial score (nSPS) is 25.7. The first-order valence-electron chi connectivity index (χ1n) is 11.9. The van der Waals surface area contributed by atoms with Gasteiger partial charge >= 0.3 is 5.69 Å². The van der Waals surface area contributed by atoms with Gasteiger partial charge in [-0.25, -0.2) is 18.2 Å². The molecule has 178 valence electrons. The molecule has 2 saturated carbocycles. The van der Waals surface area contributed by atoms with Crippen LogP contribution in [0.25, 0.3) is 11.0 Å². The van der Waals surface area contributed by atoms with Crippen LogP contribution in [0.4, 0.5) is 0 Å². The van der Waals surface area contributed by atoms with Crippen molar-refractivity contribution in [1.82, 2.24) is 19.4 Å². The summed E-state index contributed by atoms with van der Waals surface area (Å²) < 4.78 is 26.8. The highest BCUT2D eigenvalue weighted by Gasteiger charge is 2.34. The van der Waals surface area contributed by atoms with Crippen LogP contribution in [0.15, 0.2) is 21.9 Å². The maximum atomic E-state index is 13.7. The van der Waals surface area contributed by atoms with Crippen molar-refractivity contribution in [3.63, 3.8) is 0 Å². The van der Waals surface area contributed by atoms with Gasteiger partial charge < -0.3 is 5.32 Å². The second kappa shape index (κ2) is 8.38. The van der Waals surface area contributed by atoms with Crippen LogP contribution in [0.1, 0.15) is 69.0 Å². The lowest BCUT2D eigenvalue weighted by Crippen LogP contribution is -2.47. The number of carbonyl (C=O) groups excluding carboxylic acids is 1. The van der Waals surface area contributed by atoms with Gasteiger partial charge in [0.05, 0.1) is 16.9 Å². The lowest BCUT2D eigenvalue weighted by Gasteiger charge is -2.31. The smallest absolute Gasteiger partial charge is 0.333 e. The van der Waals surface area contributed by atoms with Gasteiger partial charge in [0.1, 0.15) is 15.5 Å². The third kappa shape index (κ3) is 4.37. The van der Waals surface area contributed by atoms with E-state index in [4.69, 9.17) is 0 Å². The van der Waals surface area contributed by atoms with Crippen LogP contribution in [0, 0.1) is 12.8 Å². The molecular formula is C23H30N4O5S. The van der Waals surface area contributed by atoms with Crippen LogP contribution in [-0.2, 0) is 14.6 Å². The monoisotopic (exact) mass is 474 g/mol. The molecule has 0 spiro atoms. The quantitative estimate of drug-likeness (QED) is 0.719. The molecule has 3 fully saturated rings. The second-order valence-electron chi connectivity index (χ2n) is 9.88. The molecule has 2 aromatic heterocycles. The SMILES string of the molecule is Cc1cnc2c(c1)c(=O)n(C1CCC(NC(=O)C3CC3)CC1)c(=O)n2C1CCS(=O)(=O)CC1. The molecule has 2 aromatic rings. The summed E-state index contributed by atoms with van der Waals surface area (Å²) in [5, 5.41) is 3.51. The van der Waals surface area contributed by atoms with Gasteiger partial charge in [0.15, 0.2) is 0 Å². The van der Waals surface area contributed by atoms with E-state index >= 15 is 0 Å². The number of hydrogen-bond acceptors (Lipinski definition) is 6. The van der Waals surface area contributed by atoms with Crippen molar-refractivity contribution in [2.75, 3.05) is 11.5 Å². The molecule has 0 aromatic carbocycles. The first-order chi connectivity index (χ1) is 15.7. The first-order valence-corrected chi connectivity index (χ1v) is 13.7. The summed E-state index contributed by atoms with van der Waals surface area (Å²) >= 11 is 0. The summed E-state index contributed by atoms with van der Waals surface area (Å²) in [6.07, 6.45) is 6.95. The van der Waals surface area contributed by atoms with Crippen molar-refractivity contribution >= 4 is 26.8 Å². The number of carbonyl (C=O) groups is 1. The van der Waals surface area contributed by atoms with E-state index in [1.54, 1.807) is 16.8 Å². The molecule has 1 aliphatic heterocycles. The van der Waals surface area contributed by atoms with E-state index in [1.165, 1.54) is 4.57 Å². The van der Waals surface area contributed by atoms with Crippen LogP contribution < -0.4 is 16.6 Å². The zero-order valence-electron chi connectivity index (χ0n) is 18.8. The maximum absolute atomic E-state index is 13.7. The van der Waals surface area contributed by atoms with E-state index in [1.807, 2.05) is 6.92 Å². The summed E-state index contributed by atoms with van der Waals surface area (Å²) in [6.45, 7) is 1.85. The Labute approximate surface area is 192 Å². The molecular weight excluding hydrogens is 444 g/mol. The van der Waals surface area contributed by atoms with E-state index < -0.39 is 15.5 Å². The number of amides is 1.